The second-order valence-electron chi connectivity index (χ2n) is 6.04. The molecule has 0 fully saturated rings. The Kier molecular flexibility index (Phi) is 4.97. The van der Waals surface area contributed by atoms with E-state index in [0.717, 1.165) is 0 Å². The van der Waals surface area contributed by atoms with Crippen LogP contribution in [0, 0.1) is 0 Å². The van der Waals surface area contributed by atoms with Crippen LogP contribution in [0.3, 0.4) is 0 Å². The molecule has 0 radical (unpaired) electrons. The molecule has 0 amide bonds. The van der Waals surface area contributed by atoms with Crippen LogP contribution < -0.4 is 10.4 Å². The van der Waals surface area contributed by atoms with E-state index in [1.807, 2.05) is 0 Å². The monoisotopic (exact) mass is 292 g/mol. The third-order valence-electron chi connectivity index (χ3n) is 3.54. The second-order valence-corrected chi connectivity index (χ2v) is 9.51. The number of hydrogen-bond donors (Lipinski definition) is 0. The summed E-state index contributed by atoms with van der Waals surface area (Å²) in [6.07, 6.45) is 0. The number of allylic oxidation sites excluding steroid dienone is 2. The van der Waals surface area contributed by atoms with Crippen molar-refractivity contribution >= 4 is 18.4 Å². The minimum absolute atomic E-state index is 1.38. The number of benzene rings is 2. The Balaban J connectivity index is 2.78. The van der Waals surface area contributed by atoms with Crippen molar-refractivity contribution in [2.75, 3.05) is 0 Å². The van der Waals surface area contributed by atoms with E-state index in [1.165, 1.54) is 21.5 Å². The van der Waals surface area contributed by atoms with Gasteiger partial charge < -0.3 is 0 Å². The molecule has 108 valence electrons. The molecule has 0 saturated heterocycles. The maximum absolute atomic E-state index is 2.50. The Hall–Kier alpha value is -1.86. The van der Waals surface area contributed by atoms with Crippen LogP contribution >= 0.6 is 0 Å². The third kappa shape index (κ3) is 3.62. The highest BCUT2D eigenvalue weighted by Crippen LogP contribution is 2.14. The Bertz CT molecular complexity index is 569. The summed E-state index contributed by atoms with van der Waals surface area (Å²) in [4.78, 5) is 0. The van der Waals surface area contributed by atoms with E-state index in [0.29, 0.717) is 0 Å². The molecular weight excluding hydrogens is 268 g/mol. The van der Waals surface area contributed by atoms with Crippen molar-refractivity contribution in [3.8, 4) is 0 Å². The van der Waals surface area contributed by atoms with Crippen molar-refractivity contribution in [1.29, 1.82) is 0 Å². The van der Waals surface area contributed by atoms with Crippen LogP contribution in [0.2, 0.25) is 0 Å². The first-order valence-corrected chi connectivity index (χ1v) is 9.63. The van der Waals surface area contributed by atoms with E-state index in [9.17, 15) is 0 Å². The van der Waals surface area contributed by atoms with Gasteiger partial charge in [-0.3, -0.25) is 0 Å². The Labute approximate surface area is 129 Å². The highest BCUT2D eigenvalue weighted by Gasteiger charge is 2.32. The molecule has 0 aliphatic carbocycles. The van der Waals surface area contributed by atoms with Crippen LogP contribution in [0.25, 0.3) is 0 Å². The quantitative estimate of drug-likeness (QED) is 0.739. The molecular formula is C20H24Si. The van der Waals surface area contributed by atoms with Crippen LogP contribution in [0.1, 0.15) is 27.7 Å². The van der Waals surface area contributed by atoms with Gasteiger partial charge in [0.2, 0.25) is 0 Å². The predicted octanol–water partition coefficient (Wildman–Crippen LogP) is 4.26. The van der Waals surface area contributed by atoms with E-state index in [1.54, 1.807) is 0 Å². The lowest BCUT2D eigenvalue weighted by molar-refractivity contribution is 1.39. The summed E-state index contributed by atoms with van der Waals surface area (Å²) in [7, 11) is -2.00. The molecule has 2 aromatic rings. The zero-order valence-corrected chi connectivity index (χ0v) is 14.4. The summed E-state index contributed by atoms with van der Waals surface area (Å²) in [6.45, 7) is 8.80. The minimum atomic E-state index is -2.00. The summed E-state index contributed by atoms with van der Waals surface area (Å²) in [5, 5.41) is 2.89. The van der Waals surface area contributed by atoms with Gasteiger partial charge in [-0.05, 0) is 38.1 Å². The summed E-state index contributed by atoms with van der Waals surface area (Å²) >= 11 is 0. The van der Waals surface area contributed by atoms with Crippen molar-refractivity contribution in [3.63, 3.8) is 0 Å². The fourth-order valence-corrected chi connectivity index (χ4v) is 7.27. The Morgan fingerprint density at radius 3 is 1.24 bits per heavy atom. The van der Waals surface area contributed by atoms with E-state index < -0.39 is 8.07 Å². The normalized spacial score (nSPS) is 10.9. The molecule has 21 heavy (non-hydrogen) atoms. The molecule has 0 unspecified atom stereocenters. The standard InChI is InChI=1S/C20H24Si/c1-17(2)15-21(16-18(3)4,19-11-7-5-8-12-19)20-13-9-6-10-14-20/h5-16H,1-4H3. The zero-order chi connectivity index (χ0) is 15.3. The number of hydrogen-bond acceptors (Lipinski definition) is 0. The molecule has 0 heterocycles. The minimum Gasteiger partial charge on any atom is -0.0836 e. The van der Waals surface area contributed by atoms with Crippen molar-refractivity contribution in [3.05, 3.63) is 83.2 Å². The van der Waals surface area contributed by atoms with Crippen LogP contribution in [0.5, 0.6) is 0 Å². The van der Waals surface area contributed by atoms with Gasteiger partial charge in [0.1, 0.15) is 0 Å². The summed E-state index contributed by atoms with van der Waals surface area (Å²) in [5.74, 6) is 0. The topological polar surface area (TPSA) is 0 Å². The molecule has 0 bridgehead atoms. The molecule has 0 N–H and O–H groups in total. The molecule has 2 aromatic carbocycles. The van der Waals surface area contributed by atoms with Gasteiger partial charge in [0.15, 0.2) is 8.07 Å². The lowest BCUT2D eigenvalue weighted by atomic mass is 10.4. The van der Waals surface area contributed by atoms with Gasteiger partial charge in [-0.15, -0.1) is 0 Å². The van der Waals surface area contributed by atoms with Crippen LogP contribution in [-0.2, 0) is 0 Å². The molecule has 2 rings (SSSR count). The highest BCUT2D eigenvalue weighted by molar-refractivity contribution is 7.09. The van der Waals surface area contributed by atoms with Crippen molar-refractivity contribution < 1.29 is 0 Å². The second kappa shape index (κ2) is 6.73. The molecule has 0 aliphatic rings. The first-order valence-electron chi connectivity index (χ1n) is 7.48. The fourth-order valence-electron chi connectivity index (χ4n) is 2.88. The summed E-state index contributed by atoms with van der Waals surface area (Å²) in [6, 6.07) is 21.9. The Morgan fingerprint density at radius 1 is 0.619 bits per heavy atom. The summed E-state index contributed by atoms with van der Waals surface area (Å²) in [5.41, 5.74) is 7.77. The summed E-state index contributed by atoms with van der Waals surface area (Å²) < 4.78 is 0. The van der Waals surface area contributed by atoms with Gasteiger partial charge in [0.05, 0.1) is 0 Å². The van der Waals surface area contributed by atoms with Gasteiger partial charge >= 0.3 is 0 Å². The maximum atomic E-state index is 2.50. The molecule has 0 aromatic heterocycles. The van der Waals surface area contributed by atoms with Gasteiger partial charge in [0, 0.05) is 0 Å². The van der Waals surface area contributed by atoms with Crippen molar-refractivity contribution in [2.45, 2.75) is 27.7 Å². The smallest absolute Gasteiger partial charge is 0.0836 e. The largest absolute Gasteiger partial charge is 0.165 e. The van der Waals surface area contributed by atoms with Crippen molar-refractivity contribution in [1.82, 2.24) is 0 Å². The zero-order valence-electron chi connectivity index (χ0n) is 13.4. The average Bonchev–Trinajstić information content (AvgIpc) is 2.47. The van der Waals surface area contributed by atoms with E-state index in [4.69, 9.17) is 0 Å². The van der Waals surface area contributed by atoms with Gasteiger partial charge in [-0.1, -0.05) is 83.2 Å². The SMILES string of the molecule is CC(C)=C[Si](C=C(C)C)(c1ccccc1)c1ccccc1. The molecule has 0 aliphatic heterocycles. The van der Waals surface area contributed by atoms with Crippen LogP contribution in [0.15, 0.2) is 83.2 Å². The highest BCUT2D eigenvalue weighted by atomic mass is 28.3. The van der Waals surface area contributed by atoms with Crippen LogP contribution in [-0.4, -0.2) is 8.07 Å². The molecule has 0 spiro atoms. The lowest BCUT2D eigenvalue weighted by Crippen LogP contribution is -2.56. The van der Waals surface area contributed by atoms with Crippen LogP contribution in [0.4, 0.5) is 0 Å². The fraction of sp³-hybridized carbons (Fsp3) is 0.200. The number of rotatable bonds is 4. The Morgan fingerprint density at radius 2 is 0.952 bits per heavy atom. The first kappa shape index (κ1) is 15.5. The van der Waals surface area contributed by atoms with Gasteiger partial charge in [0.25, 0.3) is 0 Å². The molecule has 0 saturated carbocycles. The van der Waals surface area contributed by atoms with E-state index in [2.05, 4.69) is 99.8 Å². The molecule has 0 atom stereocenters. The first-order chi connectivity index (χ1) is 10.0. The van der Waals surface area contributed by atoms with Gasteiger partial charge in [-0.25, -0.2) is 0 Å². The lowest BCUT2D eigenvalue weighted by Gasteiger charge is -2.28. The van der Waals surface area contributed by atoms with Crippen molar-refractivity contribution in [2.24, 2.45) is 0 Å². The average molecular weight is 292 g/mol. The van der Waals surface area contributed by atoms with Gasteiger partial charge in [-0.2, -0.15) is 0 Å². The third-order valence-corrected chi connectivity index (χ3v) is 8.18. The van der Waals surface area contributed by atoms with E-state index in [-0.39, 0.29) is 0 Å². The predicted molar refractivity (Wildman–Crippen MR) is 96.8 cm³/mol. The van der Waals surface area contributed by atoms with E-state index >= 15 is 0 Å². The maximum Gasteiger partial charge on any atom is 0.165 e. The molecule has 1 heteroatoms. The molecule has 0 nitrogen and oxygen atoms in total.